The molecular formula is C24H25N3O3. The molecule has 2 amide bonds. The normalized spacial score (nSPS) is 14.0. The van der Waals surface area contributed by atoms with E-state index in [4.69, 9.17) is 4.74 Å². The number of hydrogen-bond donors (Lipinski definition) is 1. The fourth-order valence-electron chi connectivity index (χ4n) is 3.76. The topological polar surface area (TPSA) is 61.9 Å². The number of carbonyl (C=O) groups is 2. The summed E-state index contributed by atoms with van der Waals surface area (Å²) in [5, 5.41) is 5.01. The van der Waals surface area contributed by atoms with E-state index >= 15 is 0 Å². The highest BCUT2D eigenvalue weighted by atomic mass is 16.5. The Morgan fingerprint density at radius 3 is 2.30 bits per heavy atom. The number of nitrogens with one attached hydrogen (secondary N) is 1. The van der Waals surface area contributed by atoms with E-state index in [2.05, 4.69) is 16.3 Å². The first-order valence-electron chi connectivity index (χ1n) is 10.1. The minimum absolute atomic E-state index is 0.0367. The smallest absolute Gasteiger partial charge is 0.253 e. The molecule has 0 bridgehead atoms. The van der Waals surface area contributed by atoms with Crippen LogP contribution < -0.4 is 10.2 Å². The maximum Gasteiger partial charge on any atom is 0.253 e. The fraction of sp³-hybridized carbons (Fsp3) is 0.250. The number of hydrogen-bond acceptors (Lipinski definition) is 4. The number of fused-ring (bicyclic) bond motifs is 1. The van der Waals surface area contributed by atoms with Crippen molar-refractivity contribution < 1.29 is 14.3 Å². The quantitative estimate of drug-likeness (QED) is 0.709. The molecule has 1 aliphatic rings. The molecule has 1 aliphatic heterocycles. The molecule has 1 heterocycles. The molecule has 0 radical (unpaired) electrons. The second-order valence-electron chi connectivity index (χ2n) is 7.37. The number of carbonyl (C=O) groups excluding carboxylic acids is 2. The van der Waals surface area contributed by atoms with E-state index in [1.807, 2.05) is 65.6 Å². The summed E-state index contributed by atoms with van der Waals surface area (Å²) in [6.07, 6.45) is 0. The van der Waals surface area contributed by atoms with Crippen LogP contribution in [0.3, 0.4) is 0 Å². The number of methoxy groups -OCH3 is 1. The lowest BCUT2D eigenvalue weighted by Crippen LogP contribution is -2.48. The summed E-state index contributed by atoms with van der Waals surface area (Å²) in [5.41, 5.74) is 2.56. The minimum Gasteiger partial charge on any atom is -0.375 e. The second-order valence-corrected chi connectivity index (χ2v) is 7.37. The molecule has 0 aromatic heterocycles. The van der Waals surface area contributed by atoms with E-state index in [0.29, 0.717) is 13.1 Å². The van der Waals surface area contributed by atoms with Gasteiger partial charge in [0, 0.05) is 50.2 Å². The monoisotopic (exact) mass is 403 g/mol. The number of nitrogens with zero attached hydrogens (tertiary/aromatic N) is 2. The first-order valence-corrected chi connectivity index (χ1v) is 10.1. The number of rotatable bonds is 5. The predicted octanol–water partition coefficient (Wildman–Crippen LogP) is 3.39. The third kappa shape index (κ3) is 4.44. The van der Waals surface area contributed by atoms with Gasteiger partial charge in [0.2, 0.25) is 5.91 Å². The van der Waals surface area contributed by atoms with Gasteiger partial charge in [0.1, 0.15) is 6.61 Å². The van der Waals surface area contributed by atoms with Crippen molar-refractivity contribution in [3.05, 3.63) is 72.3 Å². The Morgan fingerprint density at radius 2 is 1.60 bits per heavy atom. The van der Waals surface area contributed by atoms with Crippen molar-refractivity contribution in [1.29, 1.82) is 0 Å². The van der Waals surface area contributed by atoms with E-state index < -0.39 is 0 Å². The van der Waals surface area contributed by atoms with Crippen molar-refractivity contribution in [2.24, 2.45) is 0 Å². The first-order chi connectivity index (χ1) is 14.6. The third-order valence-corrected chi connectivity index (χ3v) is 5.35. The predicted molar refractivity (Wildman–Crippen MR) is 119 cm³/mol. The maximum absolute atomic E-state index is 12.9. The fourth-order valence-corrected chi connectivity index (χ4v) is 3.76. The van der Waals surface area contributed by atoms with Gasteiger partial charge in [-0.3, -0.25) is 9.59 Å². The molecule has 6 nitrogen and oxygen atoms in total. The van der Waals surface area contributed by atoms with Crippen LogP contribution in [0.2, 0.25) is 0 Å². The van der Waals surface area contributed by atoms with Crippen LogP contribution in [-0.2, 0) is 9.53 Å². The summed E-state index contributed by atoms with van der Waals surface area (Å²) < 4.78 is 4.82. The number of anilines is 2. The lowest BCUT2D eigenvalue weighted by Gasteiger charge is -2.36. The Balaban J connectivity index is 1.36. The van der Waals surface area contributed by atoms with Gasteiger partial charge in [-0.25, -0.2) is 0 Å². The van der Waals surface area contributed by atoms with Gasteiger partial charge in [-0.2, -0.15) is 0 Å². The van der Waals surface area contributed by atoms with E-state index in [0.717, 1.165) is 40.8 Å². The molecule has 6 heteroatoms. The number of ether oxygens (including phenoxy) is 1. The molecule has 0 aliphatic carbocycles. The third-order valence-electron chi connectivity index (χ3n) is 5.35. The minimum atomic E-state index is -0.175. The molecule has 0 saturated carbocycles. The van der Waals surface area contributed by atoms with Crippen LogP contribution in [-0.4, -0.2) is 56.6 Å². The molecular weight excluding hydrogens is 378 g/mol. The molecule has 0 unspecified atom stereocenters. The molecule has 1 saturated heterocycles. The van der Waals surface area contributed by atoms with Crippen LogP contribution in [0.1, 0.15) is 10.4 Å². The summed E-state index contributed by atoms with van der Waals surface area (Å²) in [6, 6.07) is 21.7. The largest absolute Gasteiger partial charge is 0.375 e. The van der Waals surface area contributed by atoms with E-state index in [-0.39, 0.29) is 18.4 Å². The van der Waals surface area contributed by atoms with Gasteiger partial charge >= 0.3 is 0 Å². The van der Waals surface area contributed by atoms with Gasteiger partial charge < -0.3 is 19.9 Å². The zero-order valence-corrected chi connectivity index (χ0v) is 17.0. The van der Waals surface area contributed by atoms with Crippen molar-refractivity contribution >= 4 is 34.0 Å². The Morgan fingerprint density at radius 1 is 0.900 bits per heavy atom. The SMILES string of the molecule is COCC(=O)Nc1ccc(N2CCN(C(=O)c3ccc4ccccc4c3)CC2)cc1. The standard InChI is InChI=1S/C24H25N3O3/c1-30-17-23(28)25-21-8-10-22(11-9-21)26-12-14-27(15-13-26)24(29)20-7-6-18-4-2-3-5-19(18)16-20/h2-11,16H,12-15,17H2,1H3,(H,25,28). The van der Waals surface area contributed by atoms with Gasteiger partial charge in [0.25, 0.3) is 5.91 Å². The second kappa shape index (κ2) is 8.97. The zero-order chi connectivity index (χ0) is 20.9. The average Bonchev–Trinajstić information content (AvgIpc) is 2.79. The summed E-state index contributed by atoms with van der Waals surface area (Å²) >= 11 is 0. The van der Waals surface area contributed by atoms with E-state index in [9.17, 15) is 9.59 Å². The van der Waals surface area contributed by atoms with Crippen LogP contribution in [0.25, 0.3) is 10.8 Å². The molecule has 1 N–H and O–H groups in total. The van der Waals surface area contributed by atoms with Gasteiger partial charge in [-0.15, -0.1) is 0 Å². The zero-order valence-electron chi connectivity index (χ0n) is 17.0. The van der Waals surface area contributed by atoms with Crippen LogP contribution in [0.4, 0.5) is 11.4 Å². The number of piperazine rings is 1. The number of benzene rings is 3. The molecule has 0 spiro atoms. The van der Waals surface area contributed by atoms with E-state index in [1.54, 1.807) is 0 Å². The Hall–Kier alpha value is -3.38. The molecule has 30 heavy (non-hydrogen) atoms. The average molecular weight is 403 g/mol. The van der Waals surface area contributed by atoms with Crippen molar-refractivity contribution in [2.45, 2.75) is 0 Å². The molecule has 154 valence electrons. The van der Waals surface area contributed by atoms with E-state index in [1.165, 1.54) is 7.11 Å². The van der Waals surface area contributed by atoms with Crippen LogP contribution in [0, 0.1) is 0 Å². The summed E-state index contributed by atoms with van der Waals surface area (Å²) in [6.45, 7) is 2.94. The van der Waals surface area contributed by atoms with Gasteiger partial charge in [-0.05, 0) is 47.2 Å². The molecule has 0 atom stereocenters. The maximum atomic E-state index is 12.9. The Labute approximate surface area is 176 Å². The lowest BCUT2D eigenvalue weighted by molar-refractivity contribution is -0.119. The highest BCUT2D eigenvalue weighted by molar-refractivity contribution is 5.98. The van der Waals surface area contributed by atoms with Gasteiger partial charge in [0.15, 0.2) is 0 Å². The van der Waals surface area contributed by atoms with Gasteiger partial charge in [0.05, 0.1) is 0 Å². The van der Waals surface area contributed by atoms with Crippen LogP contribution in [0.15, 0.2) is 66.7 Å². The lowest BCUT2D eigenvalue weighted by atomic mass is 10.1. The highest BCUT2D eigenvalue weighted by Crippen LogP contribution is 2.21. The van der Waals surface area contributed by atoms with Crippen molar-refractivity contribution in [3.8, 4) is 0 Å². The van der Waals surface area contributed by atoms with Gasteiger partial charge in [-0.1, -0.05) is 30.3 Å². The molecule has 4 rings (SSSR count). The van der Waals surface area contributed by atoms with Crippen molar-refractivity contribution in [2.75, 3.05) is 50.1 Å². The van der Waals surface area contributed by atoms with Crippen molar-refractivity contribution in [1.82, 2.24) is 4.90 Å². The van der Waals surface area contributed by atoms with Crippen LogP contribution >= 0.6 is 0 Å². The number of amides is 2. The Bertz CT molecular complexity index is 1040. The molecule has 3 aromatic rings. The van der Waals surface area contributed by atoms with Crippen LogP contribution in [0.5, 0.6) is 0 Å². The first kappa shape index (κ1) is 19.9. The van der Waals surface area contributed by atoms with Crippen molar-refractivity contribution in [3.63, 3.8) is 0 Å². The molecule has 3 aromatic carbocycles. The Kier molecular flexibility index (Phi) is 5.95. The summed E-state index contributed by atoms with van der Waals surface area (Å²) in [7, 11) is 1.49. The highest BCUT2D eigenvalue weighted by Gasteiger charge is 2.22. The summed E-state index contributed by atoms with van der Waals surface area (Å²) in [4.78, 5) is 28.7. The molecule has 1 fully saturated rings. The summed E-state index contributed by atoms with van der Waals surface area (Å²) in [5.74, 6) is -0.0947.